The van der Waals surface area contributed by atoms with Gasteiger partial charge in [-0.2, -0.15) is 0 Å². The molecule has 2 rings (SSSR count). The number of carbonyl (C=O) groups excluding carboxylic acids is 2. The predicted octanol–water partition coefficient (Wildman–Crippen LogP) is 2.46. The van der Waals surface area contributed by atoms with Gasteiger partial charge < -0.3 is 20.5 Å². The van der Waals surface area contributed by atoms with Gasteiger partial charge in [0.15, 0.2) is 0 Å². The fraction of sp³-hybridized carbons (Fsp3) is 0.444. The molecule has 1 aliphatic rings. The number of rotatable bonds is 2. The number of carbonyl (C=O) groups is 2. The van der Waals surface area contributed by atoms with Crippen LogP contribution in [-0.2, 0) is 9.47 Å². The number of nitrogens with one attached hydrogen (secondary N) is 1. The third-order valence-corrected chi connectivity index (χ3v) is 3.38. The van der Waals surface area contributed by atoms with E-state index in [0.717, 1.165) is 12.8 Å². The summed E-state index contributed by atoms with van der Waals surface area (Å²) in [5.41, 5.74) is 5.89. The number of amides is 1. The number of benzene rings is 1. The molecule has 0 bridgehead atoms. The van der Waals surface area contributed by atoms with Gasteiger partial charge in [-0.05, 0) is 51.8 Å². The van der Waals surface area contributed by atoms with Crippen LogP contribution in [0.15, 0.2) is 18.2 Å². The summed E-state index contributed by atoms with van der Waals surface area (Å²) >= 11 is 0. The first-order chi connectivity index (χ1) is 11.1. The third-order valence-electron chi connectivity index (χ3n) is 3.38. The first kappa shape index (κ1) is 17.7. The molecule has 1 saturated carbocycles. The van der Waals surface area contributed by atoms with Crippen molar-refractivity contribution < 1.29 is 19.1 Å². The summed E-state index contributed by atoms with van der Waals surface area (Å²) in [6.07, 6.45) is 0.958. The van der Waals surface area contributed by atoms with Gasteiger partial charge in [-0.25, -0.2) is 9.59 Å². The molecule has 1 aromatic carbocycles. The Kier molecular flexibility index (Phi) is 4.74. The van der Waals surface area contributed by atoms with Gasteiger partial charge in [0, 0.05) is 11.3 Å². The van der Waals surface area contributed by atoms with E-state index in [1.54, 1.807) is 39.0 Å². The van der Waals surface area contributed by atoms with Gasteiger partial charge in [-0.3, -0.25) is 0 Å². The van der Waals surface area contributed by atoms with Crippen LogP contribution in [0.4, 0.5) is 10.5 Å². The molecule has 24 heavy (non-hydrogen) atoms. The lowest BCUT2D eigenvalue weighted by Gasteiger charge is -2.21. The standard InChI is InChI=1S/C18H22N2O4/c1-17(2,3)24-16(22)20-18(9-10-18)8-7-12-11-13(19)5-6-14(12)15(21)23-4/h5-6,11H,9-10,19H2,1-4H3,(H,20,22). The van der Waals surface area contributed by atoms with Crippen LogP contribution in [0.25, 0.3) is 0 Å². The van der Waals surface area contributed by atoms with Crippen LogP contribution in [0.5, 0.6) is 0 Å². The second-order valence-electron chi connectivity index (χ2n) is 6.76. The number of esters is 1. The Hall–Kier alpha value is -2.68. The molecule has 0 atom stereocenters. The summed E-state index contributed by atoms with van der Waals surface area (Å²) < 4.78 is 10.00. The van der Waals surface area contributed by atoms with Crippen molar-refractivity contribution in [1.82, 2.24) is 5.32 Å². The Morgan fingerprint density at radius 1 is 1.29 bits per heavy atom. The molecule has 0 radical (unpaired) electrons. The van der Waals surface area contributed by atoms with E-state index in [1.807, 2.05) is 0 Å². The van der Waals surface area contributed by atoms with Crippen molar-refractivity contribution in [3.8, 4) is 11.8 Å². The highest BCUT2D eigenvalue weighted by molar-refractivity contribution is 5.93. The number of nitrogens with two attached hydrogens (primary N) is 1. The maximum Gasteiger partial charge on any atom is 0.408 e. The van der Waals surface area contributed by atoms with Crippen molar-refractivity contribution in [3.63, 3.8) is 0 Å². The number of anilines is 1. The Labute approximate surface area is 141 Å². The predicted molar refractivity (Wildman–Crippen MR) is 90.4 cm³/mol. The maximum atomic E-state index is 11.9. The van der Waals surface area contributed by atoms with Crippen molar-refractivity contribution in [2.45, 2.75) is 44.8 Å². The van der Waals surface area contributed by atoms with E-state index in [-0.39, 0.29) is 0 Å². The molecular weight excluding hydrogens is 308 g/mol. The molecular formula is C18H22N2O4. The number of methoxy groups -OCH3 is 1. The number of hydrogen-bond acceptors (Lipinski definition) is 5. The summed E-state index contributed by atoms with van der Waals surface area (Å²) in [7, 11) is 1.31. The Morgan fingerprint density at radius 3 is 2.50 bits per heavy atom. The van der Waals surface area contributed by atoms with Gasteiger partial charge in [0.05, 0.1) is 12.7 Å². The second-order valence-corrected chi connectivity index (χ2v) is 6.76. The quantitative estimate of drug-likeness (QED) is 0.494. The number of hydrogen-bond donors (Lipinski definition) is 2. The molecule has 0 heterocycles. The third kappa shape index (κ3) is 4.66. The van der Waals surface area contributed by atoms with Crippen LogP contribution in [0.1, 0.15) is 49.5 Å². The highest BCUT2D eigenvalue weighted by Gasteiger charge is 2.43. The highest BCUT2D eigenvalue weighted by atomic mass is 16.6. The second kappa shape index (κ2) is 6.44. The minimum atomic E-state index is -0.611. The molecule has 0 aliphatic heterocycles. The van der Waals surface area contributed by atoms with Crippen molar-refractivity contribution in [2.24, 2.45) is 0 Å². The average Bonchev–Trinajstić information content (AvgIpc) is 3.22. The topological polar surface area (TPSA) is 90.6 Å². The number of nitrogen functional groups attached to an aromatic ring is 1. The van der Waals surface area contributed by atoms with Crippen LogP contribution < -0.4 is 11.1 Å². The van der Waals surface area contributed by atoms with Crippen LogP contribution in [0, 0.1) is 11.8 Å². The van der Waals surface area contributed by atoms with E-state index in [4.69, 9.17) is 15.2 Å². The SMILES string of the molecule is COC(=O)c1ccc(N)cc1C#CC1(NC(=O)OC(C)(C)C)CC1. The number of ether oxygens (including phenoxy) is 2. The zero-order valence-electron chi connectivity index (χ0n) is 14.4. The van der Waals surface area contributed by atoms with Crippen LogP contribution in [-0.4, -0.2) is 30.3 Å². The lowest BCUT2D eigenvalue weighted by Crippen LogP contribution is -2.39. The first-order valence-corrected chi connectivity index (χ1v) is 7.66. The summed E-state index contributed by atoms with van der Waals surface area (Å²) in [5.74, 6) is 5.48. The zero-order valence-corrected chi connectivity index (χ0v) is 14.4. The number of alkyl carbamates (subject to hydrolysis) is 1. The van der Waals surface area contributed by atoms with Gasteiger partial charge in [-0.1, -0.05) is 11.8 Å². The van der Waals surface area contributed by atoms with Crippen LogP contribution in [0.2, 0.25) is 0 Å². The van der Waals surface area contributed by atoms with E-state index >= 15 is 0 Å². The molecule has 6 heteroatoms. The molecule has 3 N–H and O–H groups in total. The average molecular weight is 330 g/mol. The monoisotopic (exact) mass is 330 g/mol. The van der Waals surface area contributed by atoms with Gasteiger partial charge in [-0.15, -0.1) is 0 Å². The van der Waals surface area contributed by atoms with E-state index in [9.17, 15) is 9.59 Å². The molecule has 1 fully saturated rings. The van der Waals surface area contributed by atoms with E-state index in [2.05, 4.69) is 17.2 Å². The minimum Gasteiger partial charge on any atom is -0.465 e. The smallest absolute Gasteiger partial charge is 0.408 e. The molecule has 1 aromatic rings. The van der Waals surface area contributed by atoms with Crippen molar-refractivity contribution in [2.75, 3.05) is 12.8 Å². The summed E-state index contributed by atoms with van der Waals surface area (Å²) in [5, 5.41) is 2.79. The molecule has 0 aromatic heterocycles. The largest absolute Gasteiger partial charge is 0.465 e. The molecule has 0 unspecified atom stereocenters. The molecule has 128 valence electrons. The fourth-order valence-electron chi connectivity index (χ4n) is 2.05. The Bertz CT molecular complexity index is 719. The van der Waals surface area contributed by atoms with Crippen molar-refractivity contribution >= 4 is 17.7 Å². The molecule has 1 amide bonds. The molecule has 0 saturated heterocycles. The van der Waals surface area contributed by atoms with E-state index in [0.29, 0.717) is 16.8 Å². The van der Waals surface area contributed by atoms with Gasteiger partial charge in [0.1, 0.15) is 11.1 Å². The van der Waals surface area contributed by atoms with E-state index < -0.39 is 23.2 Å². The summed E-state index contributed by atoms with van der Waals surface area (Å²) in [4.78, 5) is 23.7. The van der Waals surface area contributed by atoms with Crippen molar-refractivity contribution in [1.29, 1.82) is 0 Å². The van der Waals surface area contributed by atoms with Crippen molar-refractivity contribution in [3.05, 3.63) is 29.3 Å². The first-order valence-electron chi connectivity index (χ1n) is 7.66. The Morgan fingerprint density at radius 2 is 1.96 bits per heavy atom. The summed E-state index contributed by atoms with van der Waals surface area (Å²) in [6.45, 7) is 5.40. The normalized spacial score (nSPS) is 14.8. The minimum absolute atomic E-state index is 0.340. The van der Waals surface area contributed by atoms with Crippen LogP contribution in [0.3, 0.4) is 0 Å². The van der Waals surface area contributed by atoms with Gasteiger partial charge >= 0.3 is 12.1 Å². The van der Waals surface area contributed by atoms with Crippen LogP contribution >= 0.6 is 0 Å². The molecule has 0 spiro atoms. The summed E-state index contributed by atoms with van der Waals surface area (Å²) in [6, 6.07) is 4.80. The lowest BCUT2D eigenvalue weighted by molar-refractivity contribution is 0.0509. The zero-order chi connectivity index (χ0) is 18.0. The van der Waals surface area contributed by atoms with E-state index in [1.165, 1.54) is 7.11 Å². The molecule has 1 aliphatic carbocycles. The fourth-order valence-corrected chi connectivity index (χ4v) is 2.05. The lowest BCUT2D eigenvalue weighted by atomic mass is 10.1. The highest BCUT2D eigenvalue weighted by Crippen LogP contribution is 2.35. The maximum absolute atomic E-state index is 11.9. The van der Waals surface area contributed by atoms with Gasteiger partial charge in [0.25, 0.3) is 0 Å². The molecule has 6 nitrogen and oxygen atoms in total. The Balaban J connectivity index is 2.19. The van der Waals surface area contributed by atoms with Gasteiger partial charge in [0.2, 0.25) is 0 Å².